The maximum atomic E-state index is 6.24. The highest BCUT2D eigenvalue weighted by Crippen LogP contribution is 2.32. The second kappa shape index (κ2) is 7.20. The van der Waals surface area contributed by atoms with E-state index in [0.717, 1.165) is 47.0 Å². The van der Waals surface area contributed by atoms with Gasteiger partial charge in [0.15, 0.2) is 0 Å². The van der Waals surface area contributed by atoms with Gasteiger partial charge < -0.3 is 14.6 Å². The van der Waals surface area contributed by atoms with Gasteiger partial charge in [0.05, 0.1) is 22.0 Å². The van der Waals surface area contributed by atoms with Crippen molar-refractivity contribution in [3.8, 4) is 0 Å². The highest BCUT2D eigenvalue weighted by Gasteiger charge is 2.27. The van der Waals surface area contributed by atoms with Crippen LogP contribution in [0.3, 0.4) is 0 Å². The highest BCUT2D eigenvalue weighted by atomic mass is 35.5. The topological polar surface area (TPSA) is 64.9 Å². The molecule has 1 saturated heterocycles. The fraction of sp³-hybridized carbons (Fsp3) is 0.250. The summed E-state index contributed by atoms with van der Waals surface area (Å²) in [5.41, 5.74) is 2.73. The number of rotatable bonds is 4. The van der Waals surface area contributed by atoms with Gasteiger partial charge in [-0.15, -0.1) is 0 Å². The summed E-state index contributed by atoms with van der Waals surface area (Å²) in [6, 6.07) is 9.92. The lowest BCUT2D eigenvalue weighted by atomic mass is 10.2. The minimum absolute atomic E-state index is 0.0457. The molecule has 4 aromatic rings. The fourth-order valence-electron chi connectivity index (χ4n) is 3.65. The van der Waals surface area contributed by atoms with Crippen LogP contribution in [0.1, 0.15) is 19.1 Å². The average Bonchev–Trinajstić information content (AvgIpc) is 3.33. The third-order valence-electron chi connectivity index (χ3n) is 5.04. The summed E-state index contributed by atoms with van der Waals surface area (Å²) in [6.07, 6.45) is 7.08. The Morgan fingerprint density at radius 2 is 2.04 bits per heavy atom. The summed E-state index contributed by atoms with van der Waals surface area (Å²) in [7, 11) is 0. The second-order valence-electron chi connectivity index (χ2n) is 6.86. The molecule has 0 bridgehead atoms. The van der Waals surface area contributed by atoms with Crippen molar-refractivity contribution in [1.82, 2.24) is 19.5 Å². The van der Waals surface area contributed by atoms with E-state index >= 15 is 0 Å². The van der Waals surface area contributed by atoms with E-state index in [2.05, 4.69) is 20.3 Å². The number of hydrogen-bond acceptors (Lipinski definition) is 5. The molecule has 5 rings (SSSR count). The van der Waals surface area contributed by atoms with E-state index in [-0.39, 0.29) is 12.3 Å². The first-order valence-electron chi connectivity index (χ1n) is 9.09. The first kappa shape index (κ1) is 17.7. The summed E-state index contributed by atoms with van der Waals surface area (Å²) in [6.45, 7) is 0.727. The lowest BCUT2D eigenvalue weighted by Crippen LogP contribution is -2.20. The Balaban J connectivity index is 1.26. The van der Waals surface area contributed by atoms with Crippen molar-refractivity contribution >= 4 is 50.8 Å². The molecule has 142 valence electrons. The molecule has 4 heterocycles. The second-order valence-corrected chi connectivity index (χ2v) is 7.65. The van der Waals surface area contributed by atoms with Gasteiger partial charge in [-0.1, -0.05) is 29.3 Å². The molecule has 0 radical (unpaired) electrons. The van der Waals surface area contributed by atoms with Gasteiger partial charge in [-0.3, -0.25) is 4.98 Å². The molecule has 1 N–H and O–H groups in total. The number of nitrogens with zero attached hydrogens (tertiary/aromatic N) is 4. The Morgan fingerprint density at radius 1 is 1.11 bits per heavy atom. The van der Waals surface area contributed by atoms with E-state index in [4.69, 9.17) is 27.9 Å². The lowest BCUT2D eigenvalue weighted by molar-refractivity contribution is 0.0108. The van der Waals surface area contributed by atoms with Crippen molar-refractivity contribution in [2.24, 2.45) is 0 Å². The Bertz CT molecular complexity index is 1160. The normalized spacial score (nSPS) is 19.5. The molecule has 28 heavy (non-hydrogen) atoms. The van der Waals surface area contributed by atoms with Crippen molar-refractivity contribution in [1.29, 1.82) is 0 Å². The number of benzene rings is 1. The zero-order valence-electron chi connectivity index (χ0n) is 14.8. The third-order valence-corrected chi connectivity index (χ3v) is 5.55. The SMILES string of the molecule is Clc1cnc2cc(NC[C@@H]3CC[C@H](n4ccc5c(Cl)ncnc54)O3)ccc2c1. The Kier molecular flexibility index (Phi) is 4.55. The molecular formula is C20H17Cl2N5O. The van der Waals surface area contributed by atoms with Gasteiger partial charge in [0.25, 0.3) is 0 Å². The van der Waals surface area contributed by atoms with E-state index in [1.165, 1.54) is 6.33 Å². The number of pyridine rings is 1. The summed E-state index contributed by atoms with van der Waals surface area (Å²) in [4.78, 5) is 12.8. The molecule has 0 aliphatic carbocycles. The van der Waals surface area contributed by atoms with Crippen LogP contribution in [0, 0.1) is 0 Å². The molecule has 6 nitrogen and oxygen atoms in total. The summed E-state index contributed by atoms with van der Waals surface area (Å²) in [5, 5.41) is 6.43. The first-order chi connectivity index (χ1) is 13.7. The molecule has 1 fully saturated rings. The molecule has 0 saturated carbocycles. The maximum absolute atomic E-state index is 6.24. The van der Waals surface area contributed by atoms with Crippen LogP contribution < -0.4 is 5.32 Å². The van der Waals surface area contributed by atoms with Crippen molar-refractivity contribution in [2.75, 3.05) is 11.9 Å². The molecule has 2 atom stereocenters. The lowest BCUT2D eigenvalue weighted by Gasteiger charge is -2.17. The Hall–Kier alpha value is -2.41. The fourth-order valence-corrected chi connectivity index (χ4v) is 4.01. The summed E-state index contributed by atoms with van der Waals surface area (Å²) < 4.78 is 8.28. The van der Waals surface area contributed by atoms with E-state index < -0.39 is 0 Å². The van der Waals surface area contributed by atoms with Gasteiger partial charge in [-0.2, -0.15) is 0 Å². The minimum Gasteiger partial charge on any atom is -0.382 e. The van der Waals surface area contributed by atoms with Gasteiger partial charge in [-0.05, 0) is 37.1 Å². The van der Waals surface area contributed by atoms with Gasteiger partial charge in [0, 0.05) is 30.0 Å². The molecule has 8 heteroatoms. The van der Waals surface area contributed by atoms with Crippen LogP contribution in [0.25, 0.3) is 21.9 Å². The van der Waals surface area contributed by atoms with E-state index in [0.29, 0.717) is 10.2 Å². The molecule has 1 aromatic carbocycles. The van der Waals surface area contributed by atoms with E-state index in [1.807, 2.05) is 41.1 Å². The van der Waals surface area contributed by atoms with Crippen LogP contribution in [0.5, 0.6) is 0 Å². The van der Waals surface area contributed by atoms with Crippen molar-refractivity contribution in [2.45, 2.75) is 25.2 Å². The van der Waals surface area contributed by atoms with Gasteiger partial charge in [-0.25, -0.2) is 9.97 Å². The molecule has 0 amide bonds. The number of anilines is 1. The molecule has 1 aliphatic rings. The smallest absolute Gasteiger partial charge is 0.146 e. The van der Waals surface area contributed by atoms with Crippen molar-refractivity contribution in [3.63, 3.8) is 0 Å². The van der Waals surface area contributed by atoms with Gasteiger partial charge in [0.2, 0.25) is 0 Å². The Morgan fingerprint density at radius 3 is 2.96 bits per heavy atom. The predicted molar refractivity (Wildman–Crippen MR) is 111 cm³/mol. The molecule has 1 aliphatic heterocycles. The third kappa shape index (κ3) is 3.28. The zero-order chi connectivity index (χ0) is 19.1. The Labute approximate surface area is 171 Å². The monoisotopic (exact) mass is 413 g/mol. The van der Waals surface area contributed by atoms with E-state index in [9.17, 15) is 0 Å². The summed E-state index contributed by atoms with van der Waals surface area (Å²) in [5.74, 6) is 0. The van der Waals surface area contributed by atoms with Gasteiger partial charge in [0.1, 0.15) is 23.4 Å². The van der Waals surface area contributed by atoms with E-state index in [1.54, 1.807) is 6.20 Å². The van der Waals surface area contributed by atoms with Crippen LogP contribution in [0.15, 0.2) is 49.1 Å². The minimum atomic E-state index is -0.0457. The first-order valence-corrected chi connectivity index (χ1v) is 9.85. The number of aromatic nitrogens is 4. The predicted octanol–water partition coefficient (Wildman–Crippen LogP) is 5.08. The van der Waals surface area contributed by atoms with Crippen molar-refractivity contribution in [3.05, 3.63) is 59.2 Å². The zero-order valence-corrected chi connectivity index (χ0v) is 16.4. The van der Waals surface area contributed by atoms with Crippen LogP contribution in [-0.2, 0) is 4.74 Å². The van der Waals surface area contributed by atoms with Crippen LogP contribution >= 0.6 is 23.2 Å². The molecule has 0 unspecified atom stereocenters. The van der Waals surface area contributed by atoms with Crippen LogP contribution in [-0.4, -0.2) is 32.2 Å². The number of halogens is 2. The number of hydrogen-bond donors (Lipinski definition) is 1. The quantitative estimate of drug-likeness (QED) is 0.472. The average molecular weight is 414 g/mol. The maximum Gasteiger partial charge on any atom is 0.146 e. The highest BCUT2D eigenvalue weighted by molar-refractivity contribution is 6.33. The molecular weight excluding hydrogens is 397 g/mol. The van der Waals surface area contributed by atoms with Gasteiger partial charge >= 0.3 is 0 Å². The molecule has 0 spiro atoms. The number of ether oxygens (including phenoxy) is 1. The number of fused-ring (bicyclic) bond motifs is 2. The molecule has 3 aromatic heterocycles. The van der Waals surface area contributed by atoms with Crippen molar-refractivity contribution < 1.29 is 4.74 Å². The standard InChI is InChI=1S/C20H17Cl2N5O/c21-13-7-12-1-2-14(8-17(12)24-9-13)23-10-15-3-4-18(28-15)27-6-5-16-19(22)25-11-26-20(16)27/h1-2,5-9,11,15,18,23H,3-4,10H2/t15-,18+/m0/s1. The largest absolute Gasteiger partial charge is 0.382 e. The van der Waals surface area contributed by atoms with Crippen LogP contribution in [0.2, 0.25) is 10.2 Å². The van der Waals surface area contributed by atoms with Crippen LogP contribution in [0.4, 0.5) is 5.69 Å². The number of nitrogens with one attached hydrogen (secondary N) is 1. The summed E-state index contributed by atoms with van der Waals surface area (Å²) >= 11 is 12.1.